The molecule has 0 spiro atoms. The largest absolute Gasteiger partial charge is 0.471 e. The summed E-state index contributed by atoms with van der Waals surface area (Å²) in [6.07, 6.45) is -3.58. The van der Waals surface area contributed by atoms with Crippen molar-refractivity contribution in [2.45, 2.75) is 90.1 Å². The number of piperidine rings is 1. The first-order valence-corrected chi connectivity index (χ1v) is 12.6. The maximum Gasteiger partial charge on any atom is 0.471 e. The van der Waals surface area contributed by atoms with Crippen LogP contribution in [0.25, 0.3) is 0 Å². The zero-order chi connectivity index (χ0) is 27.7. The van der Waals surface area contributed by atoms with Crippen molar-refractivity contribution >= 4 is 23.6 Å². The van der Waals surface area contributed by atoms with Gasteiger partial charge in [-0.15, -0.1) is 0 Å². The Morgan fingerprint density at radius 3 is 2.27 bits per heavy atom. The summed E-state index contributed by atoms with van der Waals surface area (Å²) < 4.78 is 39.0. The lowest BCUT2D eigenvalue weighted by atomic mass is 9.91. The van der Waals surface area contributed by atoms with Crippen LogP contribution in [0.4, 0.5) is 13.2 Å². The summed E-state index contributed by atoms with van der Waals surface area (Å²) in [7, 11) is 0. The van der Waals surface area contributed by atoms with Crippen molar-refractivity contribution in [3.63, 3.8) is 0 Å². The van der Waals surface area contributed by atoms with Crippen LogP contribution in [0.15, 0.2) is 0 Å². The average Bonchev–Trinajstić information content (AvgIpc) is 3.49. The van der Waals surface area contributed by atoms with Crippen molar-refractivity contribution in [3.05, 3.63) is 0 Å². The number of alkyl halides is 3. The maximum atomic E-state index is 13.6. The molecule has 204 valence electrons. The highest BCUT2D eigenvalue weighted by Crippen LogP contribution is 2.65. The Bertz CT molecular complexity index is 1060. The van der Waals surface area contributed by atoms with Gasteiger partial charge >= 0.3 is 12.1 Å². The summed E-state index contributed by atoms with van der Waals surface area (Å²) in [5, 5.41) is 17.1. The molecule has 0 unspecified atom stereocenters. The number of hydrogen-bond donors (Lipinski definition) is 3. The monoisotopic (exact) mass is 525 g/mol. The molecule has 2 aliphatic carbocycles. The van der Waals surface area contributed by atoms with E-state index in [0.717, 1.165) is 0 Å². The van der Waals surface area contributed by atoms with E-state index in [2.05, 4.69) is 10.6 Å². The van der Waals surface area contributed by atoms with Crippen LogP contribution < -0.4 is 16.0 Å². The first-order valence-electron chi connectivity index (χ1n) is 12.6. The third-order valence-electron chi connectivity index (χ3n) is 8.86. The van der Waals surface area contributed by atoms with Gasteiger partial charge in [0.15, 0.2) is 0 Å². The Balaban J connectivity index is 1.51. The molecule has 0 aromatic heterocycles. The van der Waals surface area contributed by atoms with E-state index in [9.17, 15) is 37.6 Å². The summed E-state index contributed by atoms with van der Waals surface area (Å²) in [5.74, 6) is -4.38. The van der Waals surface area contributed by atoms with E-state index >= 15 is 0 Å². The van der Waals surface area contributed by atoms with Crippen molar-refractivity contribution in [2.24, 2.45) is 28.6 Å². The van der Waals surface area contributed by atoms with Crippen LogP contribution in [0.2, 0.25) is 0 Å². The van der Waals surface area contributed by atoms with E-state index in [1.54, 1.807) is 6.92 Å². The minimum absolute atomic E-state index is 0.0277. The van der Waals surface area contributed by atoms with Gasteiger partial charge in [0.05, 0.1) is 6.07 Å². The predicted octanol–water partition coefficient (Wildman–Crippen LogP) is 1.63. The Kier molecular flexibility index (Phi) is 6.32. The zero-order valence-corrected chi connectivity index (χ0v) is 21.7. The number of nitriles is 1. The van der Waals surface area contributed by atoms with Crippen molar-refractivity contribution in [3.8, 4) is 6.07 Å². The van der Waals surface area contributed by atoms with E-state index in [4.69, 9.17) is 0 Å². The second-order valence-corrected chi connectivity index (χ2v) is 12.6. The highest BCUT2D eigenvalue weighted by Gasteiger charge is 2.70. The van der Waals surface area contributed by atoms with Crippen molar-refractivity contribution in [2.75, 3.05) is 6.54 Å². The van der Waals surface area contributed by atoms with Crippen LogP contribution in [0.3, 0.4) is 0 Å². The van der Waals surface area contributed by atoms with Gasteiger partial charge in [-0.3, -0.25) is 19.2 Å². The molecule has 4 amide bonds. The summed E-state index contributed by atoms with van der Waals surface area (Å²) >= 11 is 0. The molecule has 0 aromatic carbocycles. The first-order chi connectivity index (χ1) is 16.9. The molecule has 37 heavy (non-hydrogen) atoms. The Morgan fingerprint density at radius 2 is 1.78 bits per heavy atom. The van der Waals surface area contributed by atoms with Crippen LogP contribution in [-0.4, -0.2) is 64.9 Å². The molecule has 3 N–H and O–H groups in total. The van der Waals surface area contributed by atoms with E-state index in [-0.39, 0.29) is 36.1 Å². The summed E-state index contributed by atoms with van der Waals surface area (Å²) in [6, 6.07) is -1.34. The molecule has 6 atom stereocenters. The Hall–Kier alpha value is -2.84. The molecule has 0 radical (unpaired) electrons. The maximum absolute atomic E-state index is 13.6. The summed E-state index contributed by atoms with van der Waals surface area (Å²) in [5.41, 5.74) is -1.50. The van der Waals surface area contributed by atoms with E-state index in [0.29, 0.717) is 19.3 Å². The zero-order valence-electron chi connectivity index (χ0n) is 21.7. The summed E-state index contributed by atoms with van der Waals surface area (Å²) in [4.78, 5) is 52.4. The number of nitrogens with one attached hydrogen (secondary N) is 3. The van der Waals surface area contributed by atoms with Gasteiger partial charge < -0.3 is 20.9 Å². The van der Waals surface area contributed by atoms with Crippen LogP contribution >= 0.6 is 0 Å². The number of carbonyl (C=O) groups is 4. The number of amides is 4. The fourth-order valence-corrected chi connectivity index (χ4v) is 6.28. The third-order valence-corrected chi connectivity index (χ3v) is 8.86. The lowest BCUT2D eigenvalue weighted by Gasteiger charge is -2.35. The molecule has 4 rings (SSSR count). The van der Waals surface area contributed by atoms with Gasteiger partial charge in [-0.2, -0.15) is 18.4 Å². The van der Waals surface area contributed by atoms with Gasteiger partial charge in [0, 0.05) is 18.0 Å². The summed E-state index contributed by atoms with van der Waals surface area (Å²) in [6.45, 7) is 9.49. The third kappa shape index (κ3) is 5.01. The molecule has 9 nitrogen and oxygen atoms in total. The molecule has 0 bridgehead atoms. The molecule has 2 saturated carbocycles. The molecular weight excluding hydrogens is 491 g/mol. The van der Waals surface area contributed by atoms with Crippen LogP contribution in [0, 0.1) is 39.9 Å². The van der Waals surface area contributed by atoms with Gasteiger partial charge in [-0.05, 0) is 62.2 Å². The highest BCUT2D eigenvalue weighted by molar-refractivity contribution is 5.95. The van der Waals surface area contributed by atoms with Gasteiger partial charge in [-0.1, -0.05) is 20.8 Å². The molecule has 12 heteroatoms. The Morgan fingerprint density at radius 1 is 1.16 bits per heavy atom. The van der Waals surface area contributed by atoms with Gasteiger partial charge in [0.2, 0.25) is 17.7 Å². The minimum Gasteiger partial charge on any atom is -0.351 e. The standard InChI is InChI=1S/C25H34F3N5O4/c1-22(2)9-12(18(34)32-22)8-13(10-29)30-19(35)16-15-14(23(15,3)4)11-33(16)20(36)17(24(5)6-7-24)31-21(37)25(26,27)28/h12-17H,6-9,11H2,1-5H3,(H,30,35)(H,31,37)(H,32,34)/t12-,13+,14+,15+,16+,17-/m1/s1. The normalized spacial score (nSPS) is 31.9. The number of hydrogen-bond acceptors (Lipinski definition) is 5. The van der Waals surface area contributed by atoms with Gasteiger partial charge in [0.25, 0.3) is 0 Å². The number of halogens is 3. The van der Waals surface area contributed by atoms with Crippen molar-refractivity contribution < 1.29 is 32.3 Å². The topological polar surface area (TPSA) is 131 Å². The SMILES string of the molecule is CC1(C)C[C@@H](C[C@@H](C#N)NC(=O)[C@@H]2[C@@H]3[C@H](CN2C(=O)[C@@H](NC(=O)C(F)(F)F)C2(C)CC2)C3(C)C)C(=O)N1. The molecule has 2 aliphatic heterocycles. The van der Waals surface area contributed by atoms with Crippen LogP contribution in [-0.2, 0) is 19.2 Å². The van der Waals surface area contributed by atoms with Gasteiger partial charge in [0.1, 0.15) is 18.1 Å². The Labute approximate surface area is 213 Å². The van der Waals surface area contributed by atoms with E-state index < -0.39 is 58.9 Å². The van der Waals surface area contributed by atoms with Crippen LogP contribution in [0.5, 0.6) is 0 Å². The van der Waals surface area contributed by atoms with E-state index in [1.807, 2.05) is 39.1 Å². The van der Waals surface area contributed by atoms with Crippen molar-refractivity contribution in [1.82, 2.24) is 20.9 Å². The highest BCUT2D eigenvalue weighted by atomic mass is 19.4. The average molecular weight is 526 g/mol. The first kappa shape index (κ1) is 27.2. The number of nitrogens with zero attached hydrogens (tertiary/aromatic N) is 2. The fraction of sp³-hybridized carbons (Fsp3) is 0.800. The minimum atomic E-state index is -5.14. The van der Waals surface area contributed by atoms with E-state index in [1.165, 1.54) is 4.90 Å². The van der Waals surface area contributed by atoms with Gasteiger partial charge in [-0.25, -0.2) is 0 Å². The predicted molar refractivity (Wildman–Crippen MR) is 124 cm³/mol. The quantitative estimate of drug-likeness (QED) is 0.465. The fourth-order valence-electron chi connectivity index (χ4n) is 6.28. The molecular formula is C25H34F3N5O4. The second-order valence-electron chi connectivity index (χ2n) is 12.6. The number of rotatable bonds is 7. The number of fused-ring (bicyclic) bond motifs is 1. The number of carbonyl (C=O) groups excluding carboxylic acids is 4. The molecule has 4 fully saturated rings. The molecule has 4 aliphatic rings. The number of likely N-dealkylation sites (tertiary alicyclic amines) is 1. The lowest BCUT2D eigenvalue weighted by Crippen LogP contribution is -2.59. The molecule has 2 saturated heterocycles. The van der Waals surface area contributed by atoms with Crippen molar-refractivity contribution in [1.29, 1.82) is 5.26 Å². The lowest BCUT2D eigenvalue weighted by molar-refractivity contribution is -0.176. The van der Waals surface area contributed by atoms with Crippen LogP contribution in [0.1, 0.15) is 60.3 Å². The molecule has 0 aromatic rings. The molecule has 2 heterocycles. The smallest absolute Gasteiger partial charge is 0.351 e. The second kappa shape index (κ2) is 8.60.